The summed E-state index contributed by atoms with van der Waals surface area (Å²) in [6, 6.07) is 0. The van der Waals surface area contributed by atoms with Crippen molar-refractivity contribution in [3.05, 3.63) is 0 Å². The lowest BCUT2D eigenvalue weighted by molar-refractivity contribution is -0.131. The Bertz CT molecular complexity index is 176. The highest BCUT2D eigenvalue weighted by Crippen LogP contribution is 2.27. The van der Waals surface area contributed by atoms with Crippen molar-refractivity contribution in [3.63, 3.8) is 0 Å². The standard InChI is InChI=1S/C7H11NO2/c1-4-2-3-5(9)6(4)7(8)10/h4,6H,2-3H2,1H3,(H2,8,10). The monoisotopic (exact) mass is 141 g/mol. The third-order valence-corrected chi connectivity index (χ3v) is 2.07. The molecule has 1 saturated carbocycles. The lowest BCUT2D eigenvalue weighted by atomic mass is 9.97. The first-order chi connectivity index (χ1) is 4.63. The predicted octanol–water partition coefficient (Wildman–Crippen LogP) is 0.0869. The maximum absolute atomic E-state index is 10.9. The fourth-order valence-electron chi connectivity index (χ4n) is 1.45. The summed E-state index contributed by atoms with van der Waals surface area (Å²) in [5.41, 5.74) is 5.02. The highest BCUT2D eigenvalue weighted by atomic mass is 16.2. The van der Waals surface area contributed by atoms with E-state index in [0.717, 1.165) is 6.42 Å². The molecule has 0 saturated heterocycles. The van der Waals surface area contributed by atoms with Crippen molar-refractivity contribution in [2.45, 2.75) is 19.8 Å². The van der Waals surface area contributed by atoms with Crippen LogP contribution in [0.3, 0.4) is 0 Å². The molecule has 1 fully saturated rings. The van der Waals surface area contributed by atoms with E-state index in [1.54, 1.807) is 0 Å². The first kappa shape index (κ1) is 7.25. The van der Waals surface area contributed by atoms with Crippen molar-refractivity contribution < 1.29 is 9.59 Å². The number of rotatable bonds is 1. The third kappa shape index (κ3) is 1.03. The molecule has 0 aromatic heterocycles. The molecule has 1 aliphatic rings. The molecule has 1 amide bonds. The number of hydrogen-bond donors (Lipinski definition) is 1. The van der Waals surface area contributed by atoms with Gasteiger partial charge in [-0.05, 0) is 12.3 Å². The van der Waals surface area contributed by atoms with Crippen LogP contribution in [0.2, 0.25) is 0 Å². The van der Waals surface area contributed by atoms with Crippen molar-refractivity contribution in [1.82, 2.24) is 0 Å². The smallest absolute Gasteiger partial charge is 0.228 e. The average molecular weight is 141 g/mol. The van der Waals surface area contributed by atoms with Crippen molar-refractivity contribution in [2.24, 2.45) is 17.6 Å². The minimum Gasteiger partial charge on any atom is -0.369 e. The maximum Gasteiger partial charge on any atom is 0.228 e. The van der Waals surface area contributed by atoms with Crippen LogP contribution >= 0.6 is 0 Å². The maximum atomic E-state index is 10.9. The van der Waals surface area contributed by atoms with E-state index in [0.29, 0.717) is 6.42 Å². The van der Waals surface area contributed by atoms with E-state index in [-0.39, 0.29) is 11.7 Å². The number of primary amides is 1. The van der Waals surface area contributed by atoms with Gasteiger partial charge in [0.25, 0.3) is 0 Å². The van der Waals surface area contributed by atoms with Crippen LogP contribution in [0.15, 0.2) is 0 Å². The minimum atomic E-state index is -0.500. The molecular weight excluding hydrogens is 130 g/mol. The van der Waals surface area contributed by atoms with Crippen molar-refractivity contribution in [1.29, 1.82) is 0 Å². The van der Waals surface area contributed by atoms with Gasteiger partial charge < -0.3 is 5.73 Å². The minimum absolute atomic E-state index is 0.0139. The second-order valence-corrected chi connectivity index (χ2v) is 2.86. The summed E-state index contributed by atoms with van der Waals surface area (Å²) in [6.07, 6.45) is 1.33. The summed E-state index contributed by atoms with van der Waals surface area (Å²) >= 11 is 0. The zero-order valence-electron chi connectivity index (χ0n) is 5.96. The quantitative estimate of drug-likeness (QED) is 0.526. The van der Waals surface area contributed by atoms with Crippen molar-refractivity contribution in [3.8, 4) is 0 Å². The lowest BCUT2D eigenvalue weighted by Gasteiger charge is -2.07. The van der Waals surface area contributed by atoms with Gasteiger partial charge >= 0.3 is 0 Å². The first-order valence-electron chi connectivity index (χ1n) is 3.45. The van der Waals surface area contributed by atoms with E-state index in [4.69, 9.17) is 5.73 Å². The van der Waals surface area contributed by atoms with Crippen LogP contribution in [-0.2, 0) is 9.59 Å². The number of hydrogen-bond acceptors (Lipinski definition) is 2. The van der Waals surface area contributed by atoms with Crippen LogP contribution in [0, 0.1) is 11.8 Å². The number of carbonyl (C=O) groups is 2. The van der Waals surface area contributed by atoms with Crippen LogP contribution in [0.5, 0.6) is 0 Å². The van der Waals surface area contributed by atoms with Gasteiger partial charge in [0, 0.05) is 6.42 Å². The summed E-state index contributed by atoms with van der Waals surface area (Å²) in [5, 5.41) is 0. The van der Waals surface area contributed by atoms with Gasteiger partial charge in [-0.25, -0.2) is 0 Å². The van der Waals surface area contributed by atoms with E-state index in [1.807, 2.05) is 6.92 Å². The molecular formula is C7H11NO2. The van der Waals surface area contributed by atoms with Crippen LogP contribution < -0.4 is 5.73 Å². The number of amides is 1. The van der Waals surface area contributed by atoms with Gasteiger partial charge in [-0.3, -0.25) is 9.59 Å². The van der Waals surface area contributed by atoms with Gasteiger partial charge in [0.2, 0.25) is 5.91 Å². The Morgan fingerprint density at radius 3 is 2.50 bits per heavy atom. The Morgan fingerprint density at radius 1 is 1.70 bits per heavy atom. The number of ketones is 1. The Balaban J connectivity index is 2.72. The average Bonchev–Trinajstić information content (AvgIpc) is 2.11. The molecule has 0 aliphatic heterocycles. The topological polar surface area (TPSA) is 60.2 Å². The van der Waals surface area contributed by atoms with Gasteiger partial charge in [-0.15, -0.1) is 0 Å². The van der Waals surface area contributed by atoms with E-state index in [1.165, 1.54) is 0 Å². The van der Waals surface area contributed by atoms with E-state index in [2.05, 4.69) is 0 Å². The Morgan fingerprint density at radius 2 is 2.30 bits per heavy atom. The molecule has 0 spiro atoms. The molecule has 0 bridgehead atoms. The number of nitrogens with two attached hydrogens (primary N) is 1. The SMILES string of the molecule is CC1CCC(=O)C1C(N)=O. The number of carbonyl (C=O) groups excluding carboxylic acids is 2. The molecule has 3 nitrogen and oxygen atoms in total. The van der Waals surface area contributed by atoms with Gasteiger partial charge in [0.15, 0.2) is 0 Å². The molecule has 10 heavy (non-hydrogen) atoms. The van der Waals surface area contributed by atoms with Crippen molar-refractivity contribution in [2.75, 3.05) is 0 Å². The molecule has 1 rings (SSSR count). The zero-order valence-corrected chi connectivity index (χ0v) is 5.96. The Hall–Kier alpha value is -0.860. The summed E-state index contributed by atoms with van der Waals surface area (Å²) in [6.45, 7) is 1.89. The highest BCUT2D eigenvalue weighted by Gasteiger charge is 2.35. The molecule has 2 unspecified atom stereocenters. The summed E-state index contributed by atoms with van der Waals surface area (Å²) in [5.74, 6) is -0.792. The van der Waals surface area contributed by atoms with Crippen LogP contribution in [0.1, 0.15) is 19.8 Å². The molecule has 2 atom stereocenters. The Kier molecular flexibility index (Phi) is 1.74. The van der Waals surface area contributed by atoms with Crippen LogP contribution in [0.4, 0.5) is 0 Å². The van der Waals surface area contributed by atoms with E-state index >= 15 is 0 Å². The molecule has 3 heteroatoms. The second-order valence-electron chi connectivity index (χ2n) is 2.86. The van der Waals surface area contributed by atoms with Crippen molar-refractivity contribution >= 4 is 11.7 Å². The van der Waals surface area contributed by atoms with Gasteiger partial charge in [-0.1, -0.05) is 6.92 Å². The van der Waals surface area contributed by atoms with Crippen LogP contribution in [0.25, 0.3) is 0 Å². The zero-order chi connectivity index (χ0) is 7.72. The number of Topliss-reactive ketones (excluding diaryl/α,β-unsaturated/α-hetero) is 1. The summed E-state index contributed by atoms with van der Waals surface area (Å²) in [7, 11) is 0. The second kappa shape index (κ2) is 2.40. The fourth-order valence-corrected chi connectivity index (χ4v) is 1.45. The highest BCUT2D eigenvalue weighted by molar-refractivity contribution is 6.02. The third-order valence-electron chi connectivity index (χ3n) is 2.07. The predicted molar refractivity (Wildman–Crippen MR) is 36.1 cm³/mol. The van der Waals surface area contributed by atoms with Crippen LogP contribution in [-0.4, -0.2) is 11.7 Å². The molecule has 0 radical (unpaired) electrons. The summed E-state index contributed by atoms with van der Waals surface area (Å²) < 4.78 is 0. The normalized spacial score (nSPS) is 32.7. The first-order valence-corrected chi connectivity index (χ1v) is 3.45. The Labute approximate surface area is 59.6 Å². The molecule has 0 heterocycles. The van der Waals surface area contributed by atoms with Gasteiger partial charge in [-0.2, -0.15) is 0 Å². The summed E-state index contributed by atoms with van der Waals surface area (Å²) in [4.78, 5) is 21.5. The molecule has 2 N–H and O–H groups in total. The molecule has 1 aliphatic carbocycles. The van der Waals surface area contributed by atoms with Gasteiger partial charge in [0.1, 0.15) is 5.78 Å². The largest absolute Gasteiger partial charge is 0.369 e. The fraction of sp³-hybridized carbons (Fsp3) is 0.714. The molecule has 0 aromatic carbocycles. The molecule has 0 aromatic rings. The van der Waals surface area contributed by atoms with E-state index < -0.39 is 11.8 Å². The molecule has 56 valence electrons. The van der Waals surface area contributed by atoms with Gasteiger partial charge in [0.05, 0.1) is 5.92 Å². The van der Waals surface area contributed by atoms with E-state index in [9.17, 15) is 9.59 Å². The lowest BCUT2D eigenvalue weighted by Crippen LogP contribution is -2.29.